The molecule has 1 fully saturated rings. The summed E-state index contributed by atoms with van der Waals surface area (Å²) in [7, 11) is 0. The number of guanidine groups is 1. The molecule has 2 atom stereocenters. The molecule has 1 aliphatic carbocycles. The van der Waals surface area contributed by atoms with Crippen LogP contribution in [0, 0.1) is 5.92 Å². The number of rotatable bonds is 4. The van der Waals surface area contributed by atoms with E-state index in [0.717, 1.165) is 12.1 Å². The lowest BCUT2D eigenvalue weighted by molar-refractivity contribution is 0.121. The Kier molecular flexibility index (Phi) is 3.79. The van der Waals surface area contributed by atoms with Crippen LogP contribution >= 0.6 is 0 Å². The van der Waals surface area contributed by atoms with Crippen molar-refractivity contribution in [1.29, 1.82) is 0 Å². The zero-order valence-corrected chi connectivity index (χ0v) is 10.2. The van der Waals surface area contributed by atoms with E-state index >= 15 is 0 Å². The molecule has 3 nitrogen and oxygen atoms in total. The zero-order valence-electron chi connectivity index (χ0n) is 10.2. The Balaban J connectivity index is 1.95. The number of aliphatic imine (C=N–C) groups is 1. The van der Waals surface area contributed by atoms with Crippen molar-refractivity contribution in [3.8, 4) is 0 Å². The standard InChI is InChI=1S/C13H17F2N3/c1-2-8-4-3-5-9(6-8)17-13(16)18-11-7-10(11)12(14)15/h3-6,10-12H,2,7H2,1H3,(H3,16,17,18)/t10-,11-/m0/s1. The molecule has 0 spiro atoms. The highest BCUT2D eigenvalue weighted by atomic mass is 19.3. The van der Waals surface area contributed by atoms with Crippen LogP contribution in [0.2, 0.25) is 0 Å². The third kappa shape index (κ3) is 3.18. The summed E-state index contributed by atoms with van der Waals surface area (Å²) < 4.78 is 24.6. The predicted octanol–water partition coefficient (Wildman–Crippen LogP) is 2.63. The second kappa shape index (κ2) is 5.33. The SMILES string of the molecule is CCc1cccc(NC(N)=N[C@H]2C[C@@H]2C(F)F)c1. The summed E-state index contributed by atoms with van der Waals surface area (Å²) in [5.74, 6) is -0.413. The number of hydrogen-bond donors (Lipinski definition) is 2. The van der Waals surface area contributed by atoms with Gasteiger partial charge < -0.3 is 11.1 Å². The van der Waals surface area contributed by atoms with Crippen LogP contribution in [0.25, 0.3) is 0 Å². The van der Waals surface area contributed by atoms with Crippen molar-refractivity contribution in [2.75, 3.05) is 5.32 Å². The Labute approximate surface area is 105 Å². The zero-order chi connectivity index (χ0) is 13.1. The number of halogens is 2. The van der Waals surface area contributed by atoms with Gasteiger partial charge in [-0.15, -0.1) is 0 Å². The lowest BCUT2D eigenvalue weighted by Crippen LogP contribution is -2.23. The quantitative estimate of drug-likeness (QED) is 0.640. The number of alkyl halides is 2. The summed E-state index contributed by atoms with van der Waals surface area (Å²) in [5.41, 5.74) is 7.72. The molecule has 0 radical (unpaired) electrons. The molecule has 0 unspecified atom stereocenters. The fourth-order valence-electron chi connectivity index (χ4n) is 1.85. The van der Waals surface area contributed by atoms with E-state index in [-0.39, 0.29) is 12.0 Å². The molecule has 5 heteroatoms. The Morgan fingerprint density at radius 1 is 1.56 bits per heavy atom. The minimum absolute atomic E-state index is 0.205. The molecule has 1 aliphatic rings. The molecule has 1 aromatic rings. The number of anilines is 1. The molecule has 0 aromatic heterocycles. The average Bonchev–Trinajstić information content (AvgIpc) is 3.08. The monoisotopic (exact) mass is 253 g/mol. The Bertz CT molecular complexity index is 446. The highest BCUT2D eigenvalue weighted by molar-refractivity contribution is 5.92. The minimum Gasteiger partial charge on any atom is -0.370 e. The largest absolute Gasteiger partial charge is 0.370 e. The van der Waals surface area contributed by atoms with Crippen LogP contribution in [0.3, 0.4) is 0 Å². The molecule has 2 rings (SSSR count). The van der Waals surface area contributed by atoms with Crippen molar-refractivity contribution in [2.45, 2.75) is 32.2 Å². The summed E-state index contributed by atoms with van der Waals surface area (Å²) in [5, 5.41) is 2.93. The van der Waals surface area contributed by atoms with Gasteiger partial charge in [-0.05, 0) is 30.5 Å². The van der Waals surface area contributed by atoms with E-state index in [4.69, 9.17) is 5.73 Å². The van der Waals surface area contributed by atoms with Crippen molar-refractivity contribution in [3.63, 3.8) is 0 Å². The number of nitrogens with one attached hydrogen (secondary N) is 1. The predicted molar refractivity (Wildman–Crippen MR) is 69.0 cm³/mol. The van der Waals surface area contributed by atoms with E-state index in [1.165, 1.54) is 5.56 Å². The van der Waals surface area contributed by atoms with E-state index < -0.39 is 12.3 Å². The normalized spacial score (nSPS) is 23.2. The topological polar surface area (TPSA) is 50.4 Å². The summed E-state index contributed by atoms with van der Waals surface area (Å²) in [6, 6.07) is 7.46. The van der Waals surface area contributed by atoms with Gasteiger partial charge in [0.15, 0.2) is 5.96 Å². The third-order valence-electron chi connectivity index (χ3n) is 3.04. The molecule has 18 heavy (non-hydrogen) atoms. The van der Waals surface area contributed by atoms with E-state index in [1.54, 1.807) is 0 Å². The second-order valence-electron chi connectivity index (χ2n) is 4.49. The van der Waals surface area contributed by atoms with Gasteiger partial charge in [-0.25, -0.2) is 13.8 Å². The fraction of sp³-hybridized carbons (Fsp3) is 0.462. The van der Waals surface area contributed by atoms with Crippen LogP contribution in [0.1, 0.15) is 18.9 Å². The first-order valence-corrected chi connectivity index (χ1v) is 6.07. The molecule has 0 aliphatic heterocycles. The summed E-state index contributed by atoms with van der Waals surface area (Å²) in [6.45, 7) is 2.06. The molecular weight excluding hydrogens is 236 g/mol. The van der Waals surface area contributed by atoms with E-state index in [9.17, 15) is 8.78 Å². The molecule has 0 saturated heterocycles. The van der Waals surface area contributed by atoms with Crippen LogP contribution in [0.4, 0.5) is 14.5 Å². The maximum atomic E-state index is 12.3. The molecular formula is C13H17F2N3. The van der Waals surface area contributed by atoms with Crippen molar-refractivity contribution in [1.82, 2.24) is 0 Å². The van der Waals surface area contributed by atoms with Gasteiger partial charge in [-0.1, -0.05) is 19.1 Å². The number of nitrogens with two attached hydrogens (primary N) is 1. The molecule has 98 valence electrons. The molecule has 0 bridgehead atoms. The van der Waals surface area contributed by atoms with Gasteiger partial charge in [0.05, 0.1) is 6.04 Å². The average molecular weight is 253 g/mol. The van der Waals surface area contributed by atoms with Gasteiger partial charge >= 0.3 is 0 Å². The smallest absolute Gasteiger partial charge is 0.243 e. The van der Waals surface area contributed by atoms with Gasteiger partial charge in [0.2, 0.25) is 6.43 Å². The second-order valence-corrected chi connectivity index (χ2v) is 4.49. The fourth-order valence-corrected chi connectivity index (χ4v) is 1.85. The van der Waals surface area contributed by atoms with Gasteiger partial charge in [-0.2, -0.15) is 0 Å². The molecule has 1 aromatic carbocycles. The maximum absolute atomic E-state index is 12.3. The van der Waals surface area contributed by atoms with Crippen LogP contribution < -0.4 is 11.1 Å². The van der Waals surface area contributed by atoms with E-state index in [2.05, 4.69) is 17.2 Å². The first kappa shape index (κ1) is 12.8. The highest BCUT2D eigenvalue weighted by Gasteiger charge is 2.44. The van der Waals surface area contributed by atoms with Crippen LogP contribution in [0.5, 0.6) is 0 Å². The van der Waals surface area contributed by atoms with Gasteiger partial charge in [0, 0.05) is 11.6 Å². The number of hydrogen-bond acceptors (Lipinski definition) is 1. The maximum Gasteiger partial charge on any atom is 0.243 e. The van der Waals surface area contributed by atoms with E-state index in [0.29, 0.717) is 6.42 Å². The Morgan fingerprint density at radius 2 is 2.33 bits per heavy atom. The van der Waals surface area contributed by atoms with Crippen molar-refractivity contribution >= 4 is 11.6 Å². The lowest BCUT2D eigenvalue weighted by atomic mass is 10.1. The van der Waals surface area contributed by atoms with Gasteiger partial charge in [-0.3, -0.25) is 0 Å². The van der Waals surface area contributed by atoms with Crippen LogP contribution in [-0.2, 0) is 6.42 Å². The number of aryl methyl sites for hydroxylation is 1. The minimum atomic E-state index is -2.30. The van der Waals surface area contributed by atoms with Gasteiger partial charge in [0.1, 0.15) is 0 Å². The van der Waals surface area contributed by atoms with Crippen LogP contribution in [0.15, 0.2) is 29.3 Å². The third-order valence-corrected chi connectivity index (χ3v) is 3.04. The van der Waals surface area contributed by atoms with Crippen molar-refractivity contribution in [2.24, 2.45) is 16.6 Å². The molecule has 1 saturated carbocycles. The first-order chi connectivity index (χ1) is 8.60. The highest BCUT2D eigenvalue weighted by Crippen LogP contribution is 2.38. The van der Waals surface area contributed by atoms with Gasteiger partial charge in [0.25, 0.3) is 0 Å². The number of nitrogens with zero attached hydrogens (tertiary/aromatic N) is 1. The molecule has 3 N–H and O–H groups in total. The molecule has 0 heterocycles. The first-order valence-electron chi connectivity index (χ1n) is 6.07. The van der Waals surface area contributed by atoms with Crippen molar-refractivity contribution < 1.29 is 8.78 Å². The Morgan fingerprint density at radius 3 is 2.94 bits per heavy atom. The lowest BCUT2D eigenvalue weighted by Gasteiger charge is -2.07. The summed E-state index contributed by atoms with van der Waals surface area (Å²) in [4.78, 5) is 4.05. The molecule has 0 amide bonds. The Hall–Kier alpha value is -1.65. The van der Waals surface area contributed by atoms with E-state index in [1.807, 2.05) is 24.3 Å². The summed E-state index contributed by atoms with van der Waals surface area (Å²) in [6.07, 6.45) is -0.937. The summed E-state index contributed by atoms with van der Waals surface area (Å²) >= 11 is 0. The number of benzene rings is 1. The van der Waals surface area contributed by atoms with Crippen LogP contribution in [-0.4, -0.2) is 18.4 Å². The van der Waals surface area contributed by atoms with Crippen molar-refractivity contribution in [3.05, 3.63) is 29.8 Å².